The van der Waals surface area contributed by atoms with E-state index in [-0.39, 0.29) is 31.6 Å². The Morgan fingerprint density at radius 1 is 1.30 bits per heavy atom. The number of amides is 1. The Morgan fingerprint density at radius 2 is 2.00 bits per heavy atom. The Kier molecular flexibility index (Phi) is 5.48. The first-order valence-electron chi connectivity index (χ1n) is 7.40. The second kappa shape index (κ2) is 7.18. The summed E-state index contributed by atoms with van der Waals surface area (Å²) in [6, 6.07) is 5.12. The van der Waals surface area contributed by atoms with Gasteiger partial charge in [0.2, 0.25) is 22.7 Å². The number of fused-ring (bicyclic) bond motifs is 1. The molecule has 1 N–H and O–H groups in total. The smallest absolute Gasteiger partial charge is 0.231 e. The fraction of sp³-hybridized carbons (Fsp3) is 0.533. The number of carbonyl (C=O) groups is 1. The van der Waals surface area contributed by atoms with Crippen molar-refractivity contribution in [3.63, 3.8) is 0 Å². The van der Waals surface area contributed by atoms with Gasteiger partial charge in [-0.1, -0.05) is 13.8 Å². The van der Waals surface area contributed by atoms with Gasteiger partial charge in [0.15, 0.2) is 11.5 Å². The number of nitrogens with one attached hydrogen (secondary N) is 1. The van der Waals surface area contributed by atoms with Crippen LogP contribution >= 0.6 is 0 Å². The van der Waals surface area contributed by atoms with E-state index < -0.39 is 10.0 Å². The summed E-state index contributed by atoms with van der Waals surface area (Å²) in [5.41, 5.74) is 0.592. The molecule has 0 atom stereocenters. The molecule has 0 saturated carbocycles. The number of ether oxygens (including phenoxy) is 2. The van der Waals surface area contributed by atoms with Gasteiger partial charge in [-0.2, -0.15) is 0 Å². The molecule has 23 heavy (non-hydrogen) atoms. The molecule has 1 aromatic rings. The van der Waals surface area contributed by atoms with Crippen molar-refractivity contribution in [3.8, 4) is 11.5 Å². The third-order valence-electron chi connectivity index (χ3n) is 3.28. The van der Waals surface area contributed by atoms with Crippen molar-refractivity contribution >= 4 is 21.6 Å². The number of anilines is 1. The fourth-order valence-electron chi connectivity index (χ4n) is 2.22. The van der Waals surface area contributed by atoms with Crippen molar-refractivity contribution in [1.29, 1.82) is 0 Å². The van der Waals surface area contributed by atoms with Gasteiger partial charge >= 0.3 is 0 Å². The van der Waals surface area contributed by atoms with Crippen LogP contribution in [0.25, 0.3) is 0 Å². The molecule has 128 valence electrons. The van der Waals surface area contributed by atoms with Crippen molar-refractivity contribution in [3.05, 3.63) is 18.2 Å². The van der Waals surface area contributed by atoms with Crippen LogP contribution in [0.5, 0.6) is 11.5 Å². The van der Waals surface area contributed by atoms with E-state index in [4.69, 9.17) is 9.47 Å². The summed E-state index contributed by atoms with van der Waals surface area (Å²) >= 11 is 0. The first kappa shape index (κ1) is 17.6. The summed E-state index contributed by atoms with van der Waals surface area (Å²) in [5.74, 6) is 1.17. The van der Waals surface area contributed by atoms with Crippen molar-refractivity contribution in [1.82, 2.24) is 4.31 Å². The van der Waals surface area contributed by atoms with E-state index >= 15 is 0 Å². The van der Waals surface area contributed by atoms with E-state index in [2.05, 4.69) is 5.32 Å². The molecule has 0 aromatic heterocycles. The zero-order chi connectivity index (χ0) is 17.0. The molecule has 2 rings (SSSR count). The second-order valence-electron chi connectivity index (χ2n) is 5.88. The van der Waals surface area contributed by atoms with E-state index in [1.54, 1.807) is 18.2 Å². The number of benzene rings is 1. The molecule has 0 bridgehead atoms. The average molecular weight is 342 g/mol. The van der Waals surface area contributed by atoms with E-state index in [1.165, 1.54) is 4.31 Å². The van der Waals surface area contributed by atoms with Gasteiger partial charge in [0, 0.05) is 31.3 Å². The highest BCUT2D eigenvalue weighted by molar-refractivity contribution is 7.88. The Balaban J connectivity index is 1.91. The molecule has 0 spiro atoms. The fourth-order valence-corrected chi connectivity index (χ4v) is 3.22. The maximum atomic E-state index is 12.0. The zero-order valence-corrected chi connectivity index (χ0v) is 14.4. The van der Waals surface area contributed by atoms with E-state index in [0.717, 1.165) is 6.26 Å². The van der Waals surface area contributed by atoms with Crippen LogP contribution in [0.4, 0.5) is 5.69 Å². The number of hydrogen-bond acceptors (Lipinski definition) is 5. The highest BCUT2D eigenvalue weighted by Gasteiger charge is 2.19. The Bertz CT molecular complexity index is 672. The molecule has 1 aromatic carbocycles. The molecule has 1 amide bonds. The van der Waals surface area contributed by atoms with E-state index in [0.29, 0.717) is 23.7 Å². The minimum atomic E-state index is -3.32. The van der Waals surface area contributed by atoms with Gasteiger partial charge in [0.1, 0.15) is 0 Å². The number of sulfonamides is 1. The quantitative estimate of drug-likeness (QED) is 0.814. The lowest BCUT2D eigenvalue weighted by Crippen LogP contribution is -2.35. The van der Waals surface area contributed by atoms with Gasteiger partial charge in [0.25, 0.3) is 0 Å². The summed E-state index contributed by atoms with van der Waals surface area (Å²) < 4.78 is 35.2. The molecule has 7 nitrogen and oxygen atoms in total. The third kappa shape index (κ3) is 5.11. The summed E-state index contributed by atoms with van der Waals surface area (Å²) in [5, 5.41) is 2.74. The summed E-state index contributed by atoms with van der Waals surface area (Å²) in [6.45, 7) is 4.60. The number of hydrogen-bond donors (Lipinski definition) is 1. The molecule has 0 radical (unpaired) electrons. The normalized spacial score (nSPS) is 13.6. The maximum absolute atomic E-state index is 12.0. The molecule has 1 aliphatic rings. The highest BCUT2D eigenvalue weighted by atomic mass is 32.2. The minimum Gasteiger partial charge on any atom is -0.454 e. The summed E-state index contributed by atoms with van der Waals surface area (Å²) in [6.07, 6.45) is 1.25. The van der Waals surface area contributed by atoms with E-state index in [9.17, 15) is 13.2 Å². The third-order valence-corrected chi connectivity index (χ3v) is 4.55. The number of carbonyl (C=O) groups excluding carboxylic acids is 1. The molecule has 8 heteroatoms. The second-order valence-corrected chi connectivity index (χ2v) is 7.86. The Hall–Kier alpha value is -1.80. The van der Waals surface area contributed by atoms with Gasteiger partial charge < -0.3 is 14.8 Å². The van der Waals surface area contributed by atoms with Crippen molar-refractivity contribution in [2.75, 3.05) is 31.5 Å². The van der Waals surface area contributed by atoms with Gasteiger partial charge in [-0.15, -0.1) is 0 Å². The zero-order valence-electron chi connectivity index (χ0n) is 13.5. The van der Waals surface area contributed by atoms with Crippen LogP contribution in [0, 0.1) is 5.92 Å². The van der Waals surface area contributed by atoms with Crippen molar-refractivity contribution in [2.24, 2.45) is 5.92 Å². The first-order valence-corrected chi connectivity index (χ1v) is 9.25. The standard InChI is InChI=1S/C15H22N2O5S/c1-11(2)9-17(23(3,19)20)7-6-15(18)16-12-4-5-13-14(8-12)22-10-21-13/h4-5,8,11H,6-7,9-10H2,1-3H3,(H,16,18). The first-order chi connectivity index (χ1) is 10.8. The molecule has 1 heterocycles. The monoisotopic (exact) mass is 342 g/mol. The SMILES string of the molecule is CC(C)CN(CCC(=O)Nc1ccc2c(c1)OCO2)S(C)(=O)=O. The van der Waals surface area contributed by atoms with Gasteiger partial charge in [-0.05, 0) is 18.1 Å². The molecule has 0 aliphatic carbocycles. The number of rotatable bonds is 7. The van der Waals surface area contributed by atoms with Crippen LogP contribution in [0.2, 0.25) is 0 Å². The van der Waals surface area contributed by atoms with E-state index in [1.807, 2.05) is 13.8 Å². The lowest BCUT2D eigenvalue weighted by molar-refractivity contribution is -0.116. The van der Waals surface area contributed by atoms with Crippen molar-refractivity contribution < 1.29 is 22.7 Å². The lowest BCUT2D eigenvalue weighted by atomic mass is 10.2. The predicted molar refractivity (Wildman–Crippen MR) is 87.1 cm³/mol. The molecular weight excluding hydrogens is 320 g/mol. The molecule has 0 saturated heterocycles. The van der Waals surface area contributed by atoms with Gasteiger partial charge in [0.05, 0.1) is 6.26 Å². The molecule has 0 fully saturated rings. The largest absolute Gasteiger partial charge is 0.454 e. The molecule has 0 unspecified atom stereocenters. The Labute approximate surface area is 136 Å². The van der Waals surface area contributed by atoms with Crippen LogP contribution < -0.4 is 14.8 Å². The summed E-state index contributed by atoms with van der Waals surface area (Å²) in [7, 11) is -3.32. The minimum absolute atomic E-state index is 0.0915. The summed E-state index contributed by atoms with van der Waals surface area (Å²) in [4.78, 5) is 12.0. The van der Waals surface area contributed by atoms with Crippen LogP contribution in [0.1, 0.15) is 20.3 Å². The van der Waals surface area contributed by atoms with Gasteiger partial charge in [-0.25, -0.2) is 12.7 Å². The van der Waals surface area contributed by atoms with Gasteiger partial charge in [-0.3, -0.25) is 4.79 Å². The highest BCUT2D eigenvalue weighted by Crippen LogP contribution is 2.34. The predicted octanol–water partition coefficient (Wildman–Crippen LogP) is 1.66. The topological polar surface area (TPSA) is 84.9 Å². The number of nitrogens with zero attached hydrogens (tertiary/aromatic N) is 1. The van der Waals surface area contributed by atoms with Crippen LogP contribution in [0.15, 0.2) is 18.2 Å². The molecular formula is C15H22N2O5S. The lowest BCUT2D eigenvalue weighted by Gasteiger charge is -2.21. The average Bonchev–Trinajstić information content (AvgIpc) is 2.89. The molecule has 1 aliphatic heterocycles. The maximum Gasteiger partial charge on any atom is 0.231 e. The van der Waals surface area contributed by atoms with Crippen LogP contribution in [-0.2, 0) is 14.8 Å². The van der Waals surface area contributed by atoms with Crippen LogP contribution in [-0.4, -0.2) is 44.8 Å². The van der Waals surface area contributed by atoms with Crippen LogP contribution in [0.3, 0.4) is 0 Å². The van der Waals surface area contributed by atoms with Crippen molar-refractivity contribution in [2.45, 2.75) is 20.3 Å². The Morgan fingerprint density at radius 3 is 2.65 bits per heavy atom.